The van der Waals surface area contributed by atoms with Gasteiger partial charge >= 0.3 is 0 Å². The van der Waals surface area contributed by atoms with Crippen LogP contribution in [0.4, 0.5) is 0 Å². The van der Waals surface area contributed by atoms with Crippen LogP contribution in [0, 0.1) is 57.2 Å². The first-order valence-corrected chi connectivity index (χ1v) is 13.5. The first-order valence-electron chi connectivity index (χ1n) is 13.5. The van der Waals surface area contributed by atoms with Crippen LogP contribution in [0.5, 0.6) is 0 Å². The van der Waals surface area contributed by atoms with Crippen molar-refractivity contribution in [3.63, 3.8) is 0 Å². The van der Waals surface area contributed by atoms with E-state index in [1.807, 2.05) is 0 Å². The molecule has 0 saturated heterocycles. The monoisotopic (exact) mass is 428 g/mol. The SMILES string of the molecule is C=C(C)[C@@H]1CCC2(CO)CC[C@]3(C)C(CCC4[C@@]5(C)CC[C@H](O)[C@H](C)C5CC[C@]43C)C12. The van der Waals surface area contributed by atoms with Crippen molar-refractivity contribution in [2.45, 2.75) is 105 Å². The normalized spacial score (nSPS) is 58.6. The summed E-state index contributed by atoms with van der Waals surface area (Å²) >= 11 is 0. The van der Waals surface area contributed by atoms with Gasteiger partial charge in [0.05, 0.1) is 6.10 Å². The van der Waals surface area contributed by atoms with Crippen molar-refractivity contribution in [3.05, 3.63) is 12.2 Å². The molecule has 0 bridgehead atoms. The maximum Gasteiger partial charge on any atom is 0.0568 e. The zero-order valence-electron chi connectivity index (χ0n) is 20.9. The second kappa shape index (κ2) is 7.08. The summed E-state index contributed by atoms with van der Waals surface area (Å²) in [7, 11) is 0. The minimum atomic E-state index is -0.0935. The van der Waals surface area contributed by atoms with Crippen molar-refractivity contribution in [3.8, 4) is 0 Å². The van der Waals surface area contributed by atoms with Crippen LogP contribution in [0.25, 0.3) is 0 Å². The number of hydrogen-bond acceptors (Lipinski definition) is 2. The smallest absolute Gasteiger partial charge is 0.0568 e. The molecule has 31 heavy (non-hydrogen) atoms. The number of allylic oxidation sites excluding steroid dienone is 1. The third-order valence-corrected chi connectivity index (χ3v) is 13.1. The van der Waals surface area contributed by atoms with Gasteiger partial charge in [0.15, 0.2) is 0 Å². The molecule has 5 fully saturated rings. The van der Waals surface area contributed by atoms with E-state index in [1.54, 1.807) is 0 Å². The lowest BCUT2D eigenvalue weighted by atomic mass is 9.33. The van der Waals surface area contributed by atoms with Crippen LogP contribution < -0.4 is 0 Å². The van der Waals surface area contributed by atoms with Crippen LogP contribution in [0.15, 0.2) is 12.2 Å². The Labute approximate surface area is 191 Å². The Morgan fingerprint density at radius 2 is 1.61 bits per heavy atom. The van der Waals surface area contributed by atoms with E-state index in [0.29, 0.717) is 46.5 Å². The second-order valence-electron chi connectivity index (χ2n) is 13.7. The summed E-state index contributed by atoms with van der Waals surface area (Å²) in [5, 5.41) is 21.3. The fourth-order valence-electron chi connectivity index (χ4n) is 11.2. The fraction of sp³-hybridized carbons (Fsp3) is 0.931. The highest BCUT2D eigenvalue weighted by atomic mass is 16.3. The van der Waals surface area contributed by atoms with Crippen molar-refractivity contribution in [1.82, 2.24) is 0 Å². The van der Waals surface area contributed by atoms with Gasteiger partial charge < -0.3 is 10.2 Å². The molecule has 176 valence electrons. The van der Waals surface area contributed by atoms with Crippen LogP contribution in [0.2, 0.25) is 0 Å². The van der Waals surface area contributed by atoms with Crippen molar-refractivity contribution in [2.24, 2.45) is 57.2 Å². The Kier molecular flexibility index (Phi) is 5.13. The maximum absolute atomic E-state index is 10.6. The lowest BCUT2D eigenvalue weighted by Gasteiger charge is -2.72. The zero-order chi connectivity index (χ0) is 22.4. The number of fused-ring (bicyclic) bond motifs is 7. The van der Waals surface area contributed by atoms with Crippen LogP contribution >= 0.6 is 0 Å². The summed E-state index contributed by atoms with van der Waals surface area (Å²) in [6, 6.07) is 0. The van der Waals surface area contributed by atoms with E-state index in [1.165, 1.54) is 63.4 Å². The first-order chi connectivity index (χ1) is 14.5. The molecule has 0 heterocycles. The zero-order valence-corrected chi connectivity index (χ0v) is 20.9. The van der Waals surface area contributed by atoms with Gasteiger partial charge in [-0.05, 0) is 128 Å². The van der Waals surface area contributed by atoms with Gasteiger partial charge in [-0.1, -0.05) is 39.8 Å². The molecule has 5 unspecified atom stereocenters. The van der Waals surface area contributed by atoms with E-state index in [-0.39, 0.29) is 11.5 Å². The highest BCUT2D eigenvalue weighted by Gasteiger charge is 2.69. The van der Waals surface area contributed by atoms with E-state index in [4.69, 9.17) is 0 Å². The van der Waals surface area contributed by atoms with Crippen molar-refractivity contribution >= 4 is 0 Å². The summed E-state index contributed by atoms with van der Waals surface area (Å²) < 4.78 is 0. The van der Waals surface area contributed by atoms with E-state index < -0.39 is 0 Å². The molecular weight excluding hydrogens is 380 g/mol. The second-order valence-corrected chi connectivity index (χ2v) is 13.7. The molecule has 5 aliphatic carbocycles. The van der Waals surface area contributed by atoms with Crippen LogP contribution in [-0.2, 0) is 0 Å². The third kappa shape index (κ3) is 2.70. The molecule has 0 aliphatic heterocycles. The molecule has 0 amide bonds. The van der Waals surface area contributed by atoms with E-state index in [2.05, 4.69) is 41.2 Å². The van der Waals surface area contributed by atoms with Gasteiger partial charge in [-0.2, -0.15) is 0 Å². The van der Waals surface area contributed by atoms with Crippen LogP contribution in [0.1, 0.15) is 98.8 Å². The topological polar surface area (TPSA) is 40.5 Å². The molecule has 2 N–H and O–H groups in total. The van der Waals surface area contributed by atoms with Gasteiger partial charge in [0.1, 0.15) is 0 Å². The number of hydrogen-bond donors (Lipinski definition) is 2. The number of aliphatic hydroxyl groups is 2. The lowest BCUT2D eigenvalue weighted by molar-refractivity contribution is -0.237. The Morgan fingerprint density at radius 1 is 0.871 bits per heavy atom. The molecule has 2 nitrogen and oxygen atoms in total. The summed E-state index contributed by atoms with van der Waals surface area (Å²) in [5.74, 6) is 3.87. The first kappa shape index (κ1) is 22.5. The largest absolute Gasteiger partial charge is 0.396 e. The van der Waals surface area contributed by atoms with Gasteiger partial charge in [-0.15, -0.1) is 0 Å². The summed E-state index contributed by atoms with van der Waals surface area (Å²) in [6.07, 6.45) is 12.4. The van der Waals surface area contributed by atoms with Gasteiger partial charge in [-0.3, -0.25) is 0 Å². The highest BCUT2D eigenvalue weighted by molar-refractivity contribution is 5.20. The maximum atomic E-state index is 10.6. The quantitative estimate of drug-likeness (QED) is 0.486. The molecule has 5 saturated carbocycles. The molecule has 11 atom stereocenters. The molecule has 5 rings (SSSR count). The fourth-order valence-corrected chi connectivity index (χ4v) is 11.2. The summed E-state index contributed by atoms with van der Waals surface area (Å²) in [6.45, 7) is 17.3. The summed E-state index contributed by atoms with van der Waals surface area (Å²) in [5.41, 5.74) is 2.65. The Bertz CT molecular complexity index is 745. The number of rotatable bonds is 2. The van der Waals surface area contributed by atoms with Crippen molar-refractivity contribution in [2.75, 3.05) is 6.61 Å². The highest BCUT2D eigenvalue weighted by Crippen LogP contribution is 2.76. The van der Waals surface area contributed by atoms with Gasteiger partial charge in [0.2, 0.25) is 0 Å². The van der Waals surface area contributed by atoms with Gasteiger partial charge in [-0.25, -0.2) is 0 Å². The van der Waals surface area contributed by atoms with Crippen molar-refractivity contribution < 1.29 is 10.2 Å². The molecule has 5 aliphatic rings. The standard InChI is InChI=1S/C29H48O2/c1-18(2)20-9-14-29(17-30)16-15-27(5)22(25(20)29)7-8-24-26(4)12-11-23(31)19(3)21(26)10-13-28(24,27)6/h19-25,30-31H,1,7-17H2,2-6H3/t19-,20+,21?,22?,23+,24?,25?,26+,27-,28-,29?/m1/s1. The predicted octanol–water partition coefficient (Wildman–Crippen LogP) is 6.61. The van der Waals surface area contributed by atoms with Gasteiger partial charge in [0, 0.05) is 6.61 Å². The molecule has 0 spiro atoms. The molecule has 0 aromatic rings. The van der Waals surface area contributed by atoms with E-state index in [9.17, 15) is 10.2 Å². The summed E-state index contributed by atoms with van der Waals surface area (Å²) in [4.78, 5) is 0. The van der Waals surface area contributed by atoms with Crippen LogP contribution in [-0.4, -0.2) is 22.9 Å². The van der Waals surface area contributed by atoms with Gasteiger partial charge in [0.25, 0.3) is 0 Å². The Morgan fingerprint density at radius 3 is 2.29 bits per heavy atom. The average Bonchev–Trinajstić information content (AvgIpc) is 3.12. The minimum Gasteiger partial charge on any atom is -0.396 e. The molecule has 0 aromatic heterocycles. The van der Waals surface area contributed by atoms with E-state index in [0.717, 1.165) is 18.3 Å². The minimum absolute atomic E-state index is 0.0935. The van der Waals surface area contributed by atoms with Crippen LogP contribution in [0.3, 0.4) is 0 Å². The molecule has 2 heteroatoms. The number of aliphatic hydroxyl groups excluding tert-OH is 2. The molecule has 0 radical (unpaired) electrons. The van der Waals surface area contributed by atoms with E-state index >= 15 is 0 Å². The van der Waals surface area contributed by atoms with Crippen molar-refractivity contribution in [1.29, 1.82) is 0 Å². The molecular formula is C29H48O2. The predicted molar refractivity (Wildman–Crippen MR) is 127 cm³/mol. The Balaban J connectivity index is 1.54. The Hall–Kier alpha value is -0.340. The third-order valence-electron chi connectivity index (χ3n) is 13.1. The average molecular weight is 429 g/mol. The lowest BCUT2D eigenvalue weighted by Crippen LogP contribution is -2.65. The molecule has 0 aromatic carbocycles.